The van der Waals surface area contributed by atoms with Gasteiger partial charge in [-0.05, 0) is 11.1 Å². The molecule has 2 unspecified atom stereocenters. The molecule has 0 aliphatic heterocycles. The third-order valence-electron chi connectivity index (χ3n) is 3.65. The van der Waals surface area contributed by atoms with Crippen molar-refractivity contribution in [3.05, 3.63) is 59.8 Å². The smallest absolute Gasteiger partial charge is 0.328 e. The largest absolute Gasteiger partial charge is 0.468 e. The fraction of sp³-hybridized carbons (Fsp3) is 0.200. The molecule has 3 heteroatoms. The van der Waals surface area contributed by atoms with E-state index in [0.29, 0.717) is 11.1 Å². The maximum Gasteiger partial charge on any atom is 0.328 e. The van der Waals surface area contributed by atoms with E-state index < -0.39 is 11.4 Å². The molecule has 0 saturated heterocycles. The minimum atomic E-state index is -1.27. The standard InChI is InChI=1S/C15H12O3/c1-18-14(17)15-11-6-2-3-7-12(15)9-10(13(15)16)5-4-8-11/h2-10H,1H3. The van der Waals surface area contributed by atoms with Crippen LogP contribution in [0.5, 0.6) is 0 Å². The number of hydrogen-bond donors (Lipinski definition) is 0. The Morgan fingerprint density at radius 1 is 1.22 bits per heavy atom. The van der Waals surface area contributed by atoms with E-state index in [0.717, 1.165) is 0 Å². The summed E-state index contributed by atoms with van der Waals surface area (Å²) in [4.78, 5) is 24.8. The number of rotatable bonds is 1. The molecule has 90 valence electrons. The predicted molar refractivity (Wildman–Crippen MR) is 66.5 cm³/mol. The fourth-order valence-corrected chi connectivity index (χ4v) is 2.81. The summed E-state index contributed by atoms with van der Waals surface area (Å²) < 4.78 is 4.89. The van der Waals surface area contributed by atoms with Crippen molar-refractivity contribution in [2.24, 2.45) is 11.3 Å². The van der Waals surface area contributed by atoms with Gasteiger partial charge in [-0.3, -0.25) is 9.59 Å². The zero-order chi connectivity index (χ0) is 12.8. The SMILES string of the molecule is COC(=O)C12C(=O)C3C=CC=C1C=CC=CC2=C3. The molecule has 0 radical (unpaired) electrons. The van der Waals surface area contributed by atoms with Crippen molar-refractivity contribution in [3.63, 3.8) is 0 Å². The molecule has 0 fully saturated rings. The molecule has 0 heterocycles. The highest BCUT2D eigenvalue weighted by Gasteiger charge is 2.57. The average Bonchev–Trinajstić information content (AvgIpc) is 2.53. The van der Waals surface area contributed by atoms with Crippen LogP contribution in [0.4, 0.5) is 0 Å². The molecular weight excluding hydrogens is 228 g/mol. The van der Waals surface area contributed by atoms with Gasteiger partial charge in [0, 0.05) is 0 Å². The first-order valence-electron chi connectivity index (χ1n) is 5.80. The Labute approximate surface area is 105 Å². The van der Waals surface area contributed by atoms with E-state index in [4.69, 9.17) is 4.74 Å². The van der Waals surface area contributed by atoms with Crippen LogP contribution in [-0.2, 0) is 14.3 Å². The monoisotopic (exact) mass is 240 g/mol. The highest BCUT2D eigenvalue weighted by Crippen LogP contribution is 2.49. The van der Waals surface area contributed by atoms with Crippen molar-refractivity contribution in [1.29, 1.82) is 0 Å². The van der Waals surface area contributed by atoms with Crippen LogP contribution in [-0.4, -0.2) is 18.9 Å². The van der Waals surface area contributed by atoms with E-state index in [9.17, 15) is 9.59 Å². The van der Waals surface area contributed by atoms with Gasteiger partial charge in [-0.2, -0.15) is 0 Å². The highest BCUT2D eigenvalue weighted by atomic mass is 16.5. The number of fused-ring (bicyclic) bond motifs is 1. The number of methoxy groups -OCH3 is 1. The zero-order valence-corrected chi connectivity index (χ0v) is 9.92. The van der Waals surface area contributed by atoms with Gasteiger partial charge >= 0.3 is 5.97 Å². The summed E-state index contributed by atoms with van der Waals surface area (Å²) in [6.07, 6.45) is 14.6. The van der Waals surface area contributed by atoms with Gasteiger partial charge in [-0.25, -0.2) is 0 Å². The second-order valence-corrected chi connectivity index (χ2v) is 4.48. The lowest BCUT2D eigenvalue weighted by Crippen LogP contribution is -2.41. The van der Waals surface area contributed by atoms with Crippen LogP contribution in [0.2, 0.25) is 0 Å². The first-order chi connectivity index (χ1) is 8.71. The number of ketones is 1. The van der Waals surface area contributed by atoms with Crippen LogP contribution in [0, 0.1) is 11.3 Å². The minimum Gasteiger partial charge on any atom is -0.468 e. The third-order valence-corrected chi connectivity index (χ3v) is 3.65. The summed E-state index contributed by atoms with van der Waals surface area (Å²) in [5.74, 6) is -0.975. The van der Waals surface area contributed by atoms with E-state index in [1.54, 1.807) is 6.08 Å². The summed E-state index contributed by atoms with van der Waals surface area (Å²) in [5.41, 5.74) is 0.115. The Morgan fingerprint density at radius 3 is 2.67 bits per heavy atom. The van der Waals surface area contributed by atoms with Gasteiger partial charge in [-0.1, -0.05) is 48.6 Å². The molecule has 0 N–H and O–H groups in total. The van der Waals surface area contributed by atoms with E-state index in [-0.39, 0.29) is 11.7 Å². The molecule has 0 aromatic carbocycles. The van der Waals surface area contributed by atoms with Crippen molar-refractivity contribution < 1.29 is 14.3 Å². The van der Waals surface area contributed by atoms with Gasteiger partial charge in [0.1, 0.15) is 0 Å². The lowest BCUT2D eigenvalue weighted by molar-refractivity contribution is -0.152. The number of esters is 1. The molecule has 2 atom stereocenters. The maximum absolute atomic E-state index is 12.6. The van der Waals surface area contributed by atoms with Crippen LogP contribution in [0.3, 0.4) is 0 Å². The van der Waals surface area contributed by atoms with Crippen molar-refractivity contribution in [2.45, 2.75) is 0 Å². The Kier molecular flexibility index (Phi) is 2.23. The van der Waals surface area contributed by atoms with Gasteiger partial charge < -0.3 is 4.74 Å². The van der Waals surface area contributed by atoms with Gasteiger partial charge in [0.15, 0.2) is 11.2 Å². The fourth-order valence-electron chi connectivity index (χ4n) is 2.81. The topological polar surface area (TPSA) is 43.4 Å². The molecular formula is C15H12O3. The first kappa shape index (κ1) is 11.0. The van der Waals surface area contributed by atoms with Gasteiger partial charge in [0.2, 0.25) is 0 Å². The third kappa shape index (κ3) is 1.13. The Balaban J connectivity index is 2.34. The second-order valence-electron chi connectivity index (χ2n) is 4.48. The summed E-state index contributed by atoms with van der Waals surface area (Å²) in [7, 11) is 1.32. The molecule has 0 spiro atoms. The molecule has 0 amide bonds. The molecule has 0 aromatic heterocycles. The minimum absolute atomic E-state index is 0.124. The molecule has 3 rings (SSSR count). The van der Waals surface area contributed by atoms with Crippen LogP contribution >= 0.6 is 0 Å². The summed E-state index contributed by atoms with van der Waals surface area (Å²) >= 11 is 0. The maximum atomic E-state index is 12.6. The first-order valence-corrected chi connectivity index (χ1v) is 5.80. The van der Waals surface area contributed by atoms with Crippen LogP contribution in [0.1, 0.15) is 0 Å². The summed E-state index contributed by atoms with van der Waals surface area (Å²) in [6, 6.07) is 0. The van der Waals surface area contributed by atoms with Crippen molar-refractivity contribution in [3.8, 4) is 0 Å². The number of carbonyl (C=O) groups is 2. The van der Waals surface area contributed by atoms with E-state index in [1.165, 1.54) is 7.11 Å². The van der Waals surface area contributed by atoms with Crippen molar-refractivity contribution in [2.75, 3.05) is 7.11 Å². The van der Waals surface area contributed by atoms with Gasteiger partial charge in [-0.15, -0.1) is 0 Å². The van der Waals surface area contributed by atoms with Crippen molar-refractivity contribution >= 4 is 11.8 Å². The van der Waals surface area contributed by atoms with Crippen LogP contribution in [0.15, 0.2) is 59.8 Å². The molecule has 3 aliphatic carbocycles. The van der Waals surface area contributed by atoms with E-state index in [2.05, 4.69) is 0 Å². The Hall–Kier alpha value is -2.16. The average molecular weight is 240 g/mol. The quantitative estimate of drug-likeness (QED) is 0.519. The highest BCUT2D eigenvalue weighted by molar-refractivity contribution is 6.16. The van der Waals surface area contributed by atoms with Crippen LogP contribution < -0.4 is 0 Å². The number of Topliss-reactive ketones (excluding diaryl/α,β-unsaturated/α-hetero) is 1. The lowest BCUT2D eigenvalue weighted by Gasteiger charge is -2.27. The molecule has 18 heavy (non-hydrogen) atoms. The number of allylic oxidation sites excluding steroid dienone is 8. The zero-order valence-electron chi connectivity index (χ0n) is 9.92. The predicted octanol–water partition coefficient (Wildman–Crippen LogP) is 1.89. The van der Waals surface area contributed by atoms with Gasteiger partial charge in [0.05, 0.1) is 13.0 Å². The molecule has 0 aromatic rings. The molecule has 3 nitrogen and oxygen atoms in total. The Bertz CT molecular complexity index is 587. The van der Waals surface area contributed by atoms with Gasteiger partial charge in [0.25, 0.3) is 0 Å². The Morgan fingerprint density at radius 2 is 1.94 bits per heavy atom. The van der Waals surface area contributed by atoms with E-state index >= 15 is 0 Å². The lowest BCUT2D eigenvalue weighted by atomic mass is 9.73. The number of hydrogen-bond acceptors (Lipinski definition) is 3. The molecule has 2 bridgehead atoms. The van der Waals surface area contributed by atoms with Crippen LogP contribution in [0.25, 0.3) is 0 Å². The number of ether oxygens (including phenoxy) is 1. The normalized spacial score (nSPS) is 31.6. The molecule has 3 aliphatic rings. The summed E-state index contributed by atoms with van der Waals surface area (Å²) in [5, 5.41) is 0. The van der Waals surface area contributed by atoms with E-state index in [1.807, 2.05) is 42.5 Å². The number of carbonyl (C=O) groups excluding carboxylic acids is 2. The second kappa shape index (κ2) is 3.67. The van der Waals surface area contributed by atoms with Crippen molar-refractivity contribution in [1.82, 2.24) is 0 Å². The molecule has 0 saturated carbocycles. The summed E-state index contributed by atoms with van der Waals surface area (Å²) in [6.45, 7) is 0.